The number of amides is 1. The van der Waals surface area contributed by atoms with Crippen LogP contribution in [0.4, 0.5) is 14.5 Å². The fraction of sp³-hybridized carbons (Fsp3) is 0.0952. The third kappa shape index (κ3) is 6.28. The lowest BCUT2D eigenvalue weighted by Gasteiger charge is -2.10. The smallest absolute Gasteiger partial charge is 0.387 e. The van der Waals surface area contributed by atoms with Crippen molar-refractivity contribution in [3.8, 4) is 5.75 Å². The van der Waals surface area contributed by atoms with Crippen LogP contribution in [-0.2, 0) is 9.53 Å². The van der Waals surface area contributed by atoms with E-state index in [1.54, 1.807) is 18.3 Å². The number of pyridine rings is 1. The van der Waals surface area contributed by atoms with Gasteiger partial charge in [0.15, 0.2) is 6.61 Å². The highest BCUT2D eigenvalue weighted by Crippen LogP contribution is 2.28. The molecular formula is C21H16F2N2O4S. The van der Waals surface area contributed by atoms with Gasteiger partial charge in [0.2, 0.25) is 0 Å². The fourth-order valence-electron chi connectivity index (χ4n) is 2.35. The van der Waals surface area contributed by atoms with Gasteiger partial charge in [-0.3, -0.25) is 4.79 Å². The minimum absolute atomic E-state index is 0.0329. The molecule has 0 spiro atoms. The van der Waals surface area contributed by atoms with E-state index in [4.69, 9.17) is 4.74 Å². The summed E-state index contributed by atoms with van der Waals surface area (Å²) in [6.07, 6.45) is 1.57. The molecule has 0 saturated heterocycles. The number of nitrogens with zero attached hydrogens (tertiary/aromatic N) is 1. The van der Waals surface area contributed by atoms with Crippen molar-refractivity contribution in [3.05, 3.63) is 78.5 Å². The highest BCUT2D eigenvalue weighted by atomic mass is 32.2. The van der Waals surface area contributed by atoms with Gasteiger partial charge >= 0.3 is 12.6 Å². The van der Waals surface area contributed by atoms with Gasteiger partial charge in [-0.2, -0.15) is 8.78 Å². The summed E-state index contributed by atoms with van der Waals surface area (Å²) in [7, 11) is 0. The van der Waals surface area contributed by atoms with E-state index in [9.17, 15) is 18.4 Å². The molecule has 3 rings (SSSR count). The lowest BCUT2D eigenvalue weighted by molar-refractivity contribution is -0.119. The summed E-state index contributed by atoms with van der Waals surface area (Å²) >= 11 is 1.31. The van der Waals surface area contributed by atoms with Gasteiger partial charge in [0.1, 0.15) is 10.8 Å². The van der Waals surface area contributed by atoms with Crippen LogP contribution in [0.1, 0.15) is 10.4 Å². The third-order valence-corrected chi connectivity index (χ3v) is 4.67. The van der Waals surface area contributed by atoms with E-state index in [2.05, 4.69) is 15.0 Å². The molecule has 0 unspecified atom stereocenters. The predicted octanol–water partition coefficient (Wildman–Crippen LogP) is 4.63. The van der Waals surface area contributed by atoms with E-state index < -0.39 is 25.1 Å². The van der Waals surface area contributed by atoms with Gasteiger partial charge in [-0.15, -0.1) is 0 Å². The van der Waals surface area contributed by atoms with Crippen molar-refractivity contribution in [2.45, 2.75) is 16.5 Å². The zero-order valence-electron chi connectivity index (χ0n) is 15.5. The molecule has 0 bridgehead atoms. The van der Waals surface area contributed by atoms with Gasteiger partial charge in [-0.1, -0.05) is 30.0 Å². The Labute approximate surface area is 175 Å². The van der Waals surface area contributed by atoms with Gasteiger partial charge in [0, 0.05) is 16.8 Å². The molecule has 1 heterocycles. The molecule has 1 amide bonds. The van der Waals surface area contributed by atoms with Gasteiger partial charge in [-0.05, 0) is 48.5 Å². The average Bonchev–Trinajstić information content (AvgIpc) is 2.74. The fourth-order valence-corrected chi connectivity index (χ4v) is 3.24. The minimum Gasteiger partial charge on any atom is -0.452 e. The summed E-state index contributed by atoms with van der Waals surface area (Å²) in [5, 5.41) is 2.97. The predicted molar refractivity (Wildman–Crippen MR) is 107 cm³/mol. The minimum atomic E-state index is -2.93. The van der Waals surface area contributed by atoms with Crippen LogP contribution in [0.2, 0.25) is 0 Å². The molecule has 9 heteroatoms. The second-order valence-corrected chi connectivity index (χ2v) is 6.86. The molecule has 1 N–H and O–H groups in total. The summed E-state index contributed by atoms with van der Waals surface area (Å²) < 4.78 is 33.6. The average molecular weight is 430 g/mol. The summed E-state index contributed by atoms with van der Waals surface area (Å²) in [5.74, 6) is -1.29. The first-order valence-electron chi connectivity index (χ1n) is 8.71. The standard InChI is InChI=1S/C21H16F2N2O4S/c22-21(23)29-15-10-8-14(9-11-15)25-18(26)13-28-20(27)17-7-4-12-24-19(17)30-16-5-2-1-3-6-16/h1-12,21H,13H2,(H,25,26). The van der Waals surface area contributed by atoms with E-state index in [0.29, 0.717) is 10.7 Å². The van der Waals surface area contributed by atoms with Crippen LogP contribution in [0.5, 0.6) is 5.75 Å². The summed E-state index contributed by atoms with van der Waals surface area (Å²) in [6, 6.07) is 18.0. The molecule has 6 nitrogen and oxygen atoms in total. The van der Waals surface area contributed by atoms with Gasteiger partial charge in [0.05, 0.1) is 5.56 Å². The first-order chi connectivity index (χ1) is 14.5. The molecule has 1 aromatic heterocycles. The summed E-state index contributed by atoms with van der Waals surface area (Å²) in [6.45, 7) is -3.44. The number of alkyl halides is 2. The highest BCUT2D eigenvalue weighted by molar-refractivity contribution is 7.99. The van der Waals surface area contributed by atoms with E-state index in [1.165, 1.54) is 36.0 Å². The van der Waals surface area contributed by atoms with Gasteiger partial charge in [0.25, 0.3) is 5.91 Å². The monoisotopic (exact) mass is 430 g/mol. The molecule has 30 heavy (non-hydrogen) atoms. The number of carbonyl (C=O) groups excluding carboxylic acids is 2. The van der Waals surface area contributed by atoms with Crippen LogP contribution in [0, 0.1) is 0 Å². The number of hydrogen-bond acceptors (Lipinski definition) is 6. The Morgan fingerprint density at radius 2 is 1.73 bits per heavy atom. The molecule has 154 valence electrons. The number of carbonyl (C=O) groups is 2. The lowest BCUT2D eigenvalue weighted by atomic mass is 10.3. The van der Waals surface area contributed by atoms with E-state index >= 15 is 0 Å². The number of ether oxygens (including phenoxy) is 2. The maximum absolute atomic E-state index is 12.4. The van der Waals surface area contributed by atoms with Crippen molar-refractivity contribution in [3.63, 3.8) is 0 Å². The topological polar surface area (TPSA) is 77.5 Å². The highest BCUT2D eigenvalue weighted by Gasteiger charge is 2.16. The molecule has 0 aliphatic carbocycles. The molecular weight excluding hydrogens is 414 g/mol. The Kier molecular flexibility index (Phi) is 7.34. The van der Waals surface area contributed by atoms with Crippen molar-refractivity contribution >= 4 is 29.3 Å². The molecule has 0 radical (unpaired) electrons. The van der Waals surface area contributed by atoms with Gasteiger partial charge in [-0.25, -0.2) is 9.78 Å². The number of halogens is 2. The van der Waals surface area contributed by atoms with E-state index in [-0.39, 0.29) is 11.3 Å². The van der Waals surface area contributed by atoms with Crippen molar-refractivity contribution < 1.29 is 27.8 Å². The second kappa shape index (κ2) is 10.4. The number of hydrogen-bond donors (Lipinski definition) is 1. The normalized spacial score (nSPS) is 10.5. The van der Waals surface area contributed by atoms with Crippen LogP contribution < -0.4 is 10.1 Å². The lowest BCUT2D eigenvalue weighted by Crippen LogP contribution is -2.21. The zero-order chi connectivity index (χ0) is 21.3. The van der Waals surface area contributed by atoms with E-state index in [1.807, 2.05) is 30.3 Å². The largest absolute Gasteiger partial charge is 0.452 e. The van der Waals surface area contributed by atoms with E-state index in [0.717, 1.165) is 4.90 Å². The Morgan fingerprint density at radius 1 is 1.00 bits per heavy atom. The first-order valence-corrected chi connectivity index (χ1v) is 9.52. The number of anilines is 1. The number of esters is 1. The second-order valence-electron chi connectivity index (χ2n) is 5.80. The third-order valence-electron chi connectivity index (χ3n) is 3.65. The Balaban J connectivity index is 1.56. The molecule has 0 saturated carbocycles. The summed E-state index contributed by atoms with van der Waals surface area (Å²) in [5.41, 5.74) is 0.590. The van der Waals surface area contributed by atoms with Crippen LogP contribution in [0.3, 0.4) is 0 Å². The van der Waals surface area contributed by atoms with Gasteiger partial charge < -0.3 is 14.8 Å². The molecule has 2 aromatic carbocycles. The van der Waals surface area contributed by atoms with Crippen molar-refractivity contribution in [1.29, 1.82) is 0 Å². The zero-order valence-corrected chi connectivity index (χ0v) is 16.3. The maximum atomic E-state index is 12.4. The Bertz CT molecular complexity index is 1000. The maximum Gasteiger partial charge on any atom is 0.387 e. The molecule has 0 aliphatic heterocycles. The molecule has 0 aliphatic rings. The van der Waals surface area contributed by atoms with Crippen LogP contribution in [-0.4, -0.2) is 30.1 Å². The van der Waals surface area contributed by atoms with Crippen LogP contribution in [0.15, 0.2) is 82.8 Å². The SMILES string of the molecule is O=C(COC(=O)c1cccnc1Sc1ccccc1)Nc1ccc(OC(F)F)cc1. The number of nitrogens with one attached hydrogen (secondary N) is 1. The number of rotatable bonds is 8. The molecule has 0 atom stereocenters. The van der Waals surface area contributed by atoms with Crippen molar-refractivity contribution in [2.24, 2.45) is 0 Å². The first kappa shape index (κ1) is 21.3. The Morgan fingerprint density at radius 3 is 2.43 bits per heavy atom. The number of aromatic nitrogens is 1. The number of benzene rings is 2. The van der Waals surface area contributed by atoms with Crippen molar-refractivity contribution in [1.82, 2.24) is 4.98 Å². The van der Waals surface area contributed by atoms with Crippen LogP contribution in [0.25, 0.3) is 0 Å². The quantitative estimate of drug-likeness (QED) is 0.525. The summed E-state index contributed by atoms with van der Waals surface area (Å²) in [4.78, 5) is 29.6. The Hall–Kier alpha value is -3.46. The van der Waals surface area contributed by atoms with Crippen molar-refractivity contribution in [2.75, 3.05) is 11.9 Å². The molecule has 3 aromatic rings. The van der Waals surface area contributed by atoms with Crippen LogP contribution >= 0.6 is 11.8 Å². The molecule has 0 fully saturated rings.